The fourth-order valence-corrected chi connectivity index (χ4v) is 1.39. The predicted molar refractivity (Wildman–Crippen MR) is 61.4 cm³/mol. The van der Waals surface area contributed by atoms with E-state index >= 15 is 0 Å². The second-order valence-corrected chi connectivity index (χ2v) is 3.92. The smallest absolute Gasteiger partial charge is 0.0617 e. The minimum Gasteiger partial charge on any atom is -0.386 e. The molecule has 1 aromatic heterocycles. The molecule has 0 aliphatic carbocycles. The van der Waals surface area contributed by atoms with Crippen LogP contribution in [0.4, 0.5) is 5.95 Å². The Morgan fingerprint density at radius 3 is 2.56 bits per heavy atom. The molecule has 0 unspecified atom stereocenters. The molecule has 0 aliphatic rings. The third kappa shape index (κ3) is 2.56. The highest BCUT2D eigenvalue weighted by molar-refractivity contribution is 5.32. The fourth-order valence-electron chi connectivity index (χ4n) is 1.39. The Balaban J connectivity index is 1.95. The largest absolute Gasteiger partial charge is 0.386 e. The summed E-state index contributed by atoms with van der Waals surface area (Å²) >= 11 is 0. The second kappa shape index (κ2) is 4.74. The molecule has 0 atom stereocenters. The molecule has 1 N–H and O–H groups in total. The predicted octanol–water partition coefficient (Wildman–Crippen LogP) is 2.53. The van der Waals surface area contributed by atoms with Crippen molar-refractivity contribution >= 4 is 5.95 Å². The Morgan fingerprint density at radius 2 is 2.00 bits per heavy atom. The normalized spacial score (nSPS) is 10.7. The lowest BCUT2D eigenvalue weighted by Gasteiger charge is -2.09. The van der Waals surface area contributed by atoms with E-state index in [1.807, 2.05) is 0 Å². The zero-order valence-electron chi connectivity index (χ0n) is 9.38. The van der Waals surface area contributed by atoms with E-state index in [1.165, 1.54) is 5.56 Å². The summed E-state index contributed by atoms with van der Waals surface area (Å²) in [6.45, 7) is 4.94. The summed E-state index contributed by atoms with van der Waals surface area (Å²) in [6.07, 6.45) is 0. The van der Waals surface area contributed by atoms with Crippen LogP contribution < -0.4 is 0 Å². The van der Waals surface area contributed by atoms with Crippen molar-refractivity contribution in [1.82, 2.24) is 20.6 Å². The second-order valence-electron chi connectivity index (χ2n) is 3.92. The van der Waals surface area contributed by atoms with E-state index in [0.717, 1.165) is 5.56 Å². The first kappa shape index (κ1) is 10.6. The molecule has 0 amide bonds. The van der Waals surface area contributed by atoms with E-state index in [2.05, 4.69) is 64.1 Å². The first-order valence-electron chi connectivity index (χ1n) is 5.25. The minimum atomic E-state index is 0.396. The van der Waals surface area contributed by atoms with Gasteiger partial charge in [-0.05, 0) is 17.0 Å². The van der Waals surface area contributed by atoms with Gasteiger partial charge in [0, 0.05) is 6.54 Å². The quantitative estimate of drug-likeness (QED) is 0.853. The van der Waals surface area contributed by atoms with Crippen LogP contribution in [0.2, 0.25) is 0 Å². The molecule has 0 bridgehead atoms. The number of hydrogen-bond acceptors (Lipinski definition) is 3. The van der Waals surface area contributed by atoms with Gasteiger partial charge >= 0.3 is 0 Å². The number of nitrogens with zero attached hydrogens (tertiary/aromatic N) is 4. The molecule has 16 heavy (non-hydrogen) atoms. The lowest BCUT2D eigenvalue weighted by molar-refractivity contribution is 0.865. The number of nitrogens with one attached hydrogen (secondary N) is 1. The van der Waals surface area contributed by atoms with Gasteiger partial charge in [0.15, 0.2) is 0 Å². The van der Waals surface area contributed by atoms with Crippen molar-refractivity contribution in [3.05, 3.63) is 40.7 Å². The Kier molecular flexibility index (Phi) is 3.14. The zero-order chi connectivity index (χ0) is 11.4. The van der Waals surface area contributed by atoms with Crippen LogP contribution in [0.25, 0.3) is 5.32 Å². The average Bonchev–Trinajstić information content (AvgIpc) is 2.80. The Bertz CT molecular complexity index is 418. The van der Waals surface area contributed by atoms with Gasteiger partial charge in [0.1, 0.15) is 0 Å². The Hall–Kier alpha value is -1.91. The van der Waals surface area contributed by atoms with E-state index in [9.17, 15) is 0 Å². The number of benzene rings is 1. The summed E-state index contributed by atoms with van der Waals surface area (Å²) in [5.74, 6) is 0.955. The van der Waals surface area contributed by atoms with Crippen LogP contribution >= 0.6 is 0 Å². The Labute approximate surface area is 94.3 Å². The maximum Gasteiger partial charge on any atom is 0.0617 e. The number of rotatable bonds is 4. The van der Waals surface area contributed by atoms with Gasteiger partial charge < -0.3 is 5.32 Å². The monoisotopic (exact) mass is 216 g/mol. The van der Waals surface area contributed by atoms with Crippen molar-refractivity contribution in [3.8, 4) is 0 Å². The molecule has 0 saturated heterocycles. The molecule has 0 spiro atoms. The topological polar surface area (TPSA) is 68.6 Å². The maximum atomic E-state index is 4.20. The van der Waals surface area contributed by atoms with Crippen LogP contribution in [0, 0.1) is 0 Å². The number of tetrazole rings is 1. The van der Waals surface area contributed by atoms with Gasteiger partial charge in [0.05, 0.1) is 5.95 Å². The summed E-state index contributed by atoms with van der Waals surface area (Å²) in [5.41, 5.74) is 2.48. The van der Waals surface area contributed by atoms with Gasteiger partial charge in [0.25, 0.3) is 0 Å². The van der Waals surface area contributed by atoms with Gasteiger partial charge in [-0.25, -0.2) is 0 Å². The molecule has 5 nitrogen and oxygen atoms in total. The van der Waals surface area contributed by atoms with Gasteiger partial charge in [-0.3, -0.25) is 15.4 Å². The summed E-state index contributed by atoms with van der Waals surface area (Å²) in [5, 5.41) is 17.5. The highest BCUT2D eigenvalue weighted by Gasteiger charge is 1.98. The van der Waals surface area contributed by atoms with E-state index in [1.54, 1.807) is 0 Å². The van der Waals surface area contributed by atoms with Gasteiger partial charge in [0.2, 0.25) is 0 Å². The SMILES string of the molecule is CC(C)c1ccc(C[N-]c2nn[nH]n2)cc1. The fraction of sp³-hybridized carbons (Fsp3) is 0.364. The molecule has 0 saturated carbocycles. The van der Waals surface area contributed by atoms with Crippen molar-refractivity contribution in [3.63, 3.8) is 0 Å². The number of hydrogen-bond donors (Lipinski definition) is 1. The molecule has 1 aromatic carbocycles. The molecular formula is C11H14N5-. The third-order valence-electron chi connectivity index (χ3n) is 2.38. The van der Waals surface area contributed by atoms with Crippen molar-refractivity contribution in [1.29, 1.82) is 0 Å². The van der Waals surface area contributed by atoms with Crippen molar-refractivity contribution in [2.45, 2.75) is 26.3 Å². The summed E-state index contributed by atoms with van der Waals surface area (Å²) < 4.78 is 0. The van der Waals surface area contributed by atoms with Crippen LogP contribution in [0.1, 0.15) is 30.9 Å². The van der Waals surface area contributed by atoms with E-state index in [-0.39, 0.29) is 0 Å². The zero-order valence-corrected chi connectivity index (χ0v) is 9.38. The van der Waals surface area contributed by atoms with Crippen LogP contribution in [-0.2, 0) is 6.54 Å². The van der Waals surface area contributed by atoms with Gasteiger partial charge in [-0.2, -0.15) is 0 Å². The number of aromatic amines is 1. The molecule has 1 heterocycles. The third-order valence-corrected chi connectivity index (χ3v) is 2.38. The highest BCUT2D eigenvalue weighted by atomic mass is 15.5. The maximum absolute atomic E-state index is 4.20. The number of H-pyrrole nitrogens is 1. The van der Waals surface area contributed by atoms with Crippen LogP contribution in [0.3, 0.4) is 0 Å². The van der Waals surface area contributed by atoms with E-state index < -0.39 is 0 Å². The summed E-state index contributed by atoms with van der Waals surface area (Å²) in [6, 6.07) is 8.43. The summed E-state index contributed by atoms with van der Waals surface area (Å²) in [7, 11) is 0. The van der Waals surface area contributed by atoms with Crippen molar-refractivity contribution < 1.29 is 0 Å². The molecule has 0 fully saturated rings. The number of aromatic nitrogens is 4. The molecule has 84 valence electrons. The van der Waals surface area contributed by atoms with E-state index in [4.69, 9.17) is 0 Å². The van der Waals surface area contributed by atoms with Gasteiger partial charge in [-0.1, -0.05) is 38.1 Å². The molecule has 2 aromatic rings. The summed E-state index contributed by atoms with van der Waals surface area (Å²) in [4.78, 5) is 0. The molecule has 5 heteroatoms. The molecule has 2 rings (SSSR count). The molecular weight excluding hydrogens is 202 g/mol. The first-order chi connectivity index (χ1) is 7.75. The Morgan fingerprint density at radius 1 is 1.25 bits per heavy atom. The van der Waals surface area contributed by atoms with Crippen LogP contribution in [0.5, 0.6) is 0 Å². The molecule has 0 radical (unpaired) electrons. The van der Waals surface area contributed by atoms with E-state index in [0.29, 0.717) is 18.4 Å². The minimum absolute atomic E-state index is 0.396. The van der Waals surface area contributed by atoms with Crippen LogP contribution in [0.15, 0.2) is 24.3 Å². The lowest BCUT2D eigenvalue weighted by Crippen LogP contribution is -1.89. The van der Waals surface area contributed by atoms with Crippen molar-refractivity contribution in [2.75, 3.05) is 0 Å². The lowest BCUT2D eigenvalue weighted by atomic mass is 10.0. The highest BCUT2D eigenvalue weighted by Crippen LogP contribution is 2.18. The molecule has 0 aliphatic heterocycles. The first-order valence-corrected chi connectivity index (χ1v) is 5.25. The average molecular weight is 216 g/mol. The van der Waals surface area contributed by atoms with Crippen LogP contribution in [-0.4, -0.2) is 20.6 Å². The van der Waals surface area contributed by atoms with Crippen molar-refractivity contribution in [2.24, 2.45) is 0 Å². The van der Waals surface area contributed by atoms with Gasteiger partial charge in [-0.15, -0.1) is 5.21 Å². The standard InChI is InChI=1S/C11H14N5/c1-8(2)10-5-3-9(4-6-10)7-12-11-13-15-16-14-11/h3-6,8H,7H2,1-2H3,(H-,12,13,14,15,16)/q-1.